The minimum atomic E-state index is -3.88. The molecular formula is C33H33N3O7S. The number of rotatable bonds is 13. The van der Waals surface area contributed by atoms with E-state index in [-0.39, 0.29) is 18.1 Å². The molecule has 0 saturated carbocycles. The Morgan fingerprint density at radius 3 is 2.48 bits per heavy atom. The highest BCUT2D eigenvalue weighted by Gasteiger charge is 2.24. The molecule has 2 N–H and O–H groups in total. The number of carbonyl (C=O) groups excluding carboxylic acids is 1. The largest absolute Gasteiger partial charge is 0.490 e. The zero-order chi connectivity index (χ0) is 30.9. The van der Waals surface area contributed by atoms with Gasteiger partial charge in [0.15, 0.2) is 23.0 Å². The fraction of sp³-hybridized carbons (Fsp3) is 0.212. The summed E-state index contributed by atoms with van der Waals surface area (Å²) in [5.74, 6) is 2.01. The highest BCUT2D eigenvalue weighted by Crippen LogP contribution is 2.34. The molecule has 0 saturated heterocycles. The molecule has 0 unspecified atom stereocenters. The zero-order valence-electron chi connectivity index (χ0n) is 24.4. The molecule has 4 aromatic carbocycles. The molecule has 0 spiro atoms. The summed E-state index contributed by atoms with van der Waals surface area (Å²) in [4.78, 5) is 13.0. The second-order valence-electron chi connectivity index (χ2n) is 10.0. The number of carbonyl (C=O) groups is 1. The highest BCUT2D eigenvalue weighted by molar-refractivity contribution is 7.89. The monoisotopic (exact) mass is 615 g/mol. The minimum Gasteiger partial charge on any atom is -0.490 e. The van der Waals surface area contributed by atoms with Gasteiger partial charge in [0.1, 0.15) is 6.61 Å². The number of hydrogen-bond acceptors (Lipinski definition) is 8. The van der Waals surface area contributed by atoms with Crippen molar-refractivity contribution in [3.05, 3.63) is 113 Å². The summed E-state index contributed by atoms with van der Waals surface area (Å²) < 4.78 is 51.4. The second-order valence-corrected chi connectivity index (χ2v) is 11.7. The lowest BCUT2D eigenvalue weighted by molar-refractivity contribution is -0.121. The quantitative estimate of drug-likeness (QED) is 0.155. The molecule has 44 heavy (non-hydrogen) atoms. The lowest BCUT2D eigenvalue weighted by atomic mass is 10.0. The zero-order valence-corrected chi connectivity index (χ0v) is 25.2. The number of ether oxygens (including phenoxy) is 4. The van der Waals surface area contributed by atoms with Crippen molar-refractivity contribution < 1.29 is 32.2 Å². The molecule has 1 aliphatic rings. The van der Waals surface area contributed by atoms with Gasteiger partial charge in [-0.1, -0.05) is 54.1 Å². The molecule has 5 rings (SSSR count). The molecule has 0 radical (unpaired) electrons. The van der Waals surface area contributed by atoms with Gasteiger partial charge in [0.2, 0.25) is 22.7 Å². The van der Waals surface area contributed by atoms with E-state index >= 15 is 0 Å². The lowest BCUT2D eigenvalue weighted by Gasteiger charge is -2.18. The number of fused-ring (bicyclic) bond motifs is 1. The number of amides is 1. The van der Waals surface area contributed by atoms with Gasteiger partial charge in [-0.2, -0.15) is 5.10 Å². The summed E-state index contributed by atoms with van der Waals surface area (Å²) >= 11 is 0. The van der Waals surface area contributed by atoms with Crippen LogP contribution in [0, 0.1) is 6.92 Å². The third kappa shape index (κ3) is 7.94. The molecule has 0 aliphatic carbocycles. The van der Waals surface area contributed by atoms with Gasteiger partial charge in [0.25, 0.3) is 0 Å². The van der Waals surface area contributed by atoms with E-state index < -0.39 is 22.0 Å². The van der Waals surface area contributed by atoms with Crippen molar-refractivity contribution in [1.82, 2.24) is 10.1 Å². The summed E-state index contributed by atoms with van der Waals surface area (Å²) in [7, 11) is -3.88. The number of hydrazone groups is 1. The second kappa shape index (κ2) is 14.1. The molecule has 1 atom stereocenters. The average molecular weight is 616 g/mol. The number of benzene rings is 4. The van der Waals surface area contributed by atoms with Crippen LogP contribution < -0.4 is 29.1 Å². The van der Waals surface area contributed by atoms with Gasteiger partial charge in [0, 0.05) is 6.42 Å². The van der Waals surface area contributed by atoms with Crippen LogP contribution in [0.1, 0.15) is 41.6 Å². The molecule has 228 valence electrons. The Hall–Kier alpha value is -4.87. The summed E-state index contributed by atoms with van der Waals surface area (Å²) in [6.07, 6.45) is 1.32. The van der Waals surface area contributed by atoms with Gasteiger partial charge in [-0.25, -0.2) is 18.6 Å². The van der Waals surface area contributed by atoms with E-state index in [4.69, 9.17) is 18.9 Å². The maximum absolute atomic E-state index is 13.1. The SMILES string of the molecule is CCOc1cc(/C=N\NC(=O)C[C@@H](NS(=O)(=O)c2ccc(C)cc2)c2ccccc2)ccc1OCc1ccc2c(c1)OCO2. The van der Waals surface area contributed by atoms with Crippen LogP contribution in [0.15, 0.2) is 101 Å². The Labute approximate surface area is 256 Å². The van der Waals surface area contributed by atoms with Gasteiger partial charge in [-0.3, -0.25) is 4.79 Å². The van der Waals surface area contributed by atoms with Crippen molar-refractivity contribution in [1.29, 1.82) is 0 Å². The van der Waals surface area contributed by atoms with Crippen LogP contribution in [0.2, 0.25) is 0 Å². The summed E-state index contributed by atoms with van der Waals surface area (Å²) in [6, 6.07) is 25.6. The van der Waals surface area contributed by atoms with Crippen molar-refractivity contribution in [2.45, 2.75) is 37.8 Å². The van der Waals surface area contributed by atoms with Gasteiger partial charge >= 0.3 is 0 Å². The number of nitrogens with one attached hydrogen (secondary N) is 2. The van der Waals surface area contributed by atoms with Crippen LogP contribution in [0.25, 0.3) is 0 Å². The van der Waals surface area contributed by atoms with Crippen molar-refractivity contribution in [2.24, 2.45) is 5.10 Å². The summed E-state index contributed by atoms with van der Waals surface area (Å²) in [6.45, 7) is 4.69. The molecule has 0 fully saturated rings. The van der Waals surface area contributed by atoms with Gasteiger partial charge < -0.3 is 18.9 Å². The van der Waals surface area contributed by atoms with E-state index in [1.54, 1.807) is 54.6 Å². The number of hydrogen-bond donors (Lipinski definition) is 2. The minimum absolute atomic E-state index is 0.121. The van der Waals surface area contributed by atoms with E-state index in [1.165, 1.54) is 18.3 Å². The van der Waals surface area contributed by atoms with E-state index in [9.17, 15) is 13.2 Å². The molecule has 4 aromatic rings. The molecule has 10 nitrogen and oxygen atoms in total. The Balaban J connectivity index is 1.22. The fourth-order valence-electron chi connectivity index (χ4n) is 4.48. The van der Waals surface area contributed by atoms with E-state index in [0.29, 0.717) is 47.3 Å². The normalized spacial score (nSPS) is 13.0. The third-order valence-electron chi connectivity index (χ3n) is 6.72. The Bertz CT molecular complexity index is 1730. The number of aryl methyl sites for hydroxylation is 1. The lowest BCUT2D eigenvalue weighted by Crippen LogP contribution is -2.32. The predicted octanol–water partition coefficient (Wildman–Crippen LogP) is 5.26. The summed E-state index contributed by atoms with van der Waals surface area (Å²) in [5.41, 5.74) is 5.68. The van der Waals surface area contributed by atoms with Gasteiger partial charge in [0.05, 0.1) is 23.8 Å². The first-order chi connectivity index (χ1) is 21.3. The van der Waals surface area contributed by atoms with Crippen LogP contribution >= 0.6 is 0 Å². The molecule has 1 amide bonds. The molecule has 0 bridgehead atoms. The Morgan fingerprint density at radius 2 is 1.70 bits per heavy atom. The van der Waals surface area contributed by atoms with Gasteiger partial charge in [-0.15, -0.1) is 0 Å². The average Bonchev–Trinajstić information content (AvgIpc) is 3.49. The topological polar surface area (TPSA) is 125 Å². The molecule has 1 heterocycles. The number of sulfonamides is 1. The first-order valence-electron chi connectivity index (χ1n) is 14.0. The summed E-state index contributed by atoms with van der Waals surface area (Å²) in [5, 5.41) is 4.09. The predicted molar refractivity (Wildman–Crippen MR) is 166 cm³/mol. The molecule has 0 aromatic heterocycles. The first kappa shape index (κ1) is 30.6. The van der Waals surface area contributed by atoms with Gasteiger partial charge in [-0.05, 0) is 73.0 Å². The van der Waals surface area contributed by atoms with Crippen LogP contribution in [-0.2, 0) is 21.4 Å². The van der Waals surface area contributed by atoms with Crippen molar-refractivity contribution in [3.8, 4) is 23.0 Å². The van der Waals surface area contributed by atoms with Crippen LogP contribution in [0.5, 0.6) is 23.0 Å². The van der Waals surface area contributed by atoms with E-state index in [0.717, 1.165) is 11.1 Å². The molecule has 1 aliphatic heterocycles. The van der Waals surface area contributed by atoms with E-state index in [2.05, 4.69) is 15.2 Å². The fourth-order valence-corrected chi connectivity index (χ4v) is 5.70. The van der Waals surface area contributed by atoms with Crippen LogP contribution in [0.4, 0.5) is 0 Å². The highest BCUT2D eigenvalue weighted by atomic mass is 32.2. The van der Waals surface area contributed by atoms with Crippen molar-refractivity contribution in [3.63, 3.8) is 0 Å². The molecule has 11 heteroatoms. The van der Waals surface area contributed by atoms with E-state index in [1.807, 2.05) is 38.1 Å². The third-order valence-corrected chi connectivity index (χ3v) is 8.21. The smallest absolute Gasteiger partial charge is 0.242 e. The Morgan fingerprint density at radius 1 is 0.932 bits per heavy atom. The first-order valence-corrected chi connectivity index (χ1v) is 15.5. The maximum atomic E-state index is 13.1. The molecular weight excluding hydrogens is 582 g/mol. The van der Waals surface area contributed by atoms with Crippen LogP contribution in [-0.4, -0.2) is 33.9 Å². The van der Waals surface area contributed by atoms with Crippen molar-refractivity contribution in [2.75, 3.05) is 13.4 Å². The Kier molecular flexibility index (Phi) is 9.78. The van der Waals surface area contributed by atoms with Crippen molar-refractivity contribution >= 4 is 22.1 Å². The van der Waals surface area contributed by atoms with Crippen LogP contribution in [0.3, 0.4) is 0 Å². The standard InChI is InChI=1S/C33H33N3O7S/c1-3-40-31-17-24(11-15-29(31)41-21-25-12-16-30-32(18-25)43-22-42-30)20-34-35-33(37)19-28(26-7-5-4-6-8-26)36-44(38,39)27-13-9-23(2)10-14-27/h4-18,20,28,36H,3,19,21-22H2,1-2H3,(H,35,37)/b34-20-/t28-/m1/s1. The maximum Gasteiger partial charge on any atom is 0.242 e. The number of nitrogens with zero attached hydrogens (tertiary/aromatic N) is 1.